The molecule has 1 unspecified atom stereocenters. The van der Waals surface area contributed by atoms with Crippen molar-refractivity contribution in [2.24, 2.45) is 0 Å². The molecule has 0 amide bonds. The molecule has 1 rings (SSSR count). The summed E-state index contributed by atoms with van der Waals surface area (Å²) >= 11 is 5.74. The van der Waals surface area contributed by atoms with E-state index in [1.54, 1.807) is 0 Å². The van der Waals surface area contributed by atoms with Gasteiger partial charge in [-0.05, 0) is 59.0 Å². The summed E-state index contributed by atoms with van der Waals surface area (Å²) in [5.74, 6) is 0.773. The fraction of sp³-hybridized carbons (Fsp3) is 1.00. The minimum absolute atomic E-state index is 0.544. The van der Waals surface area contributed by atoms with Crippen molar-refractivity contribution in [2.75, 3.05) is 25.6 Å². The molecule has 0 aromatic carbocycles. The molecule has 1 fully saturated rings. The Morgan fingerprint density at radius 2 is 2.06 bits per heavy atom. The highest BCUT2D eigenvalue weighted by molar-refractivity contribution is 6.17. The van der Waals surface area contributed by atoms with Crippen molar-refractivity contribution in [3.63, 3.8) is 0 Å². The SMILES string of the molecule is CC(C)N(CCCCl)CCCC1CCCO1. The van der Waals surface area contributed by atoms with Crippen LogP contribution in [-0.2, 0) is 4.74 Å². The zero-order valence-electron chi connectivity index (χ0n) is 10.8. The molecule has 1 aliphatic heterocycles. The normalized spacial score (nSPS) is 21.2. The van der Waals surface area contributed by atoms with Crippen LogP contribution in [0.5, 0.6) is 0 Å². The van der Waals surface area contributed by atoms with E-state index in [2.05, 4.69) is 18.7 Å². The maximum absolute atomic E-state index is 5.74. The number of nitrogens with zero attached hydrogens (tertiary/aromatic N) is 1. The van der Waals surface area contributed by atoms with Crippen molar-refractivity contribution >= 4 is 11.6 Å². The molecule has 3 heteroatoms. The molecule has 2 nitrogen and oxygen atoms in total. The highest BCUT2D eigenvalue weighted by atomic mass is 35.5. The van der Waals surface area contributed by atoms with Gasteiger partial charge in [-0.15, -0.1) is 11.6 Å². The molecule has 1 aliphatic rings. The summed E-state index contributed by atoms with van der Waals surface area (Å²) in [6.07, 6.45) is 6.64. The first-order valence-electron chi connectivity index (χ1n) is 6.65. The molecule has 0 spiro atoms. The third kappa shape index (κ3) is 5.51. The predicted octanol–water partition coefficient (Wildman–Crippen LogP) is 3.28. The molecule has 0 saturated carbocycles. The van der Waals surface area contributed by atoms with E-state index < -0.39 is 0 Å². The number of hydrogen-bond donors (Lipinski definition) is 0. The van der Waals surface area contributed by atoms with Gasteiger partial charge in [0.25, 0.3) is 0 Å². The minimum atomic E-state index is 0.544. The Labute approximate surface area is 105 Å². The van der Waals surface area contributed by atoms with Crippen LogP contribution in [0.3, 0.4) is 0 Å². The van der Waals surface area contributed by atoms with Crippen molar-refractivity contribution in [1.82, 2.24) is 4.90 Å². The maximum atomic E-state index is 5.74. The Bertz CT molecular complexity index is 169. The van der Waals surface area contributed by atoms with Crippen LogP contribution in [0.1, 0.15) is 46.0 Å². The lowest BCUT2D eigenvalue weighted by Crippen LogP contribution is -2.33. The molecular weight excluding hydrogens is 222 g/mol. The molecule has 0 N–H and O–H groups in total. The summed E-state index contributed by atoms with van der Waals surface area (Å²) in [7, 11) is 0. The van der Waals surface area contributed by atoms with Gasteiger partial charge in [-0.2, -0.15) is 0 Å². The topological polar surface area (TPSA) is 12.5 Å². The largest absolute Gasteiger partial charge is 0.378 e. The standard InChI is InChI=1S/C13H26ClNO/c1-12(2)15(10-5-8-14)9-3-6-13-7-4-11-16-13/h12-13H,3-11H2,1-2H3. The fourth-order valence-electron chi connectivity index (χ4n) is 2.29. The number of hydrogen-bond acceptors (Lipinski definition) is 2. The van der Waals surface area contributed by atoms with Gasteiger partial charge in [0.15, 0.2) is 0 Å². The number of alkyl halides is 1. The molecule has 1 heterocycles. The highest BCUT2D eigenvalue weighted by Crippen LogP contribution is 2.17. The van der Waals surface area contributed by atoms with Crippen molar-refractivity contribution < 1.29 is 4.74 Å². The average Bonchev–Trinajstić information content (AvgIpc) is 2.75. The molecule has 1 saturated heterocycles. The molecule has 96 valence electrons. The summed E-state index contributed by atoms with van der Waals surface area (Å²) < 4.78 is 5.64. The van der Waals surface area contributed by atoms with E-state index in [1.165, 1.54) is 32.2 Å². The van der Waals surface area contributed by atoms with Gasteiger partial charge in [-0.25, -0.2) is 0 Å². The van der Waals surface area contributed by atoms with Crippen LogP contribution in [0.25, 0.3) is 0 Å². The van der Waals surface area contributed by atoms with Crippen LogP contribution < -0.4 is 0 Å². The average molecular weight is 248 g/mol. The number of halogens is 1. The summed E-state index contributed by atoms with van der Waals surface area (Å²) in [6.45, 7) is 7.83. The molecule has 0 aromatic rings. The second-order valence-electron chi connectivity index (χ2n) is 4.95. The monoisotopic (exact) mass is 247 g/mol. The second-order valence-corrected chi connectivity index (χ2v) is 5.33. The van der Waals surface area contributed by atoms with Gasteiger partial charge in [0.1, 0.15) is 0 Å². The van der Waals surface area contributed by atoms with Crippen LogP contribution in [0.15, 0.2) is 0 Å². The van der Waals surface area contributed by atoms with Crippen molar-refractivity contribution in [3.05, 3.63) is 0 Å². The van der Waals surface area contributed by atoms with Gasteiger partial charge < -0.3 is 9.64 Å². The summed E-state index contributed by atoms with van der Waals surface area (Å²) in [5, 5.41) is 0. The Kier molecular flexibility index (Phi) is 7.42. The zero-order chi connectivity index (χ0) is 11.8. The third-order valence-electron chi connectivity index (χ3n) is 3.30. The van der Waals surface area contributed by atoms with Crippen molar-refractivity contribution in [3.8, 4) is 0 Å². The van der Waals surface area contributed by atoms with E-state index >= 15 is 0 Å². The van der Waals surface area contributed by atoms with Crippen LogP contribution in [0.2, 0.25) is 0 Å². The molecule has 0 aromatic heterocycles. The summed E-state index contributed by atoms with van der Waals surface area (Å²) in [4.78, 5) is 2.53. The Morgan fingerprint density at radius 1 is 1.31 bits per heavy atom. The molecular formula is C13H26ClNO. The Morgan fingerprint density at radius 3 is 2.62 bits per heavy atom. The maximum Gasteiger partial charge on any atom is 0.0576 e. The van der Waals surface area contributed by atoms with Gasteiger partial charge in [0.2, 0.25) is 0 Å². The summed E-state index contributed by atoms with van der Waals surface area (Å²) in [5.41, 5.74) is 0. The minimum Gasteiger partial charge on any atom is -0.378 e. The third-order valence-corrected chi connectivity index (χ3v) is 3.57. The first-order chi connectivity index (χ1) is 7.74. The van der Waals surface area contributed by atoms with E-state index in [0.717, 1.165) is 25.5 Å². The van der Waals surface area contributed by atoms with Gasteiger partial charge in [0.05, 0.1) is 6.10 Å². The first kappa shape index (κ1) is 14.3. The molecule has 1 atom stereocenters. The summed E-state index contributed by atoms with van der Waals surface area (Å²) in [6, 6.07) is 0.632. The Balaban J connectivity index is 2.10. The second kappa shape index (κ2) is 8.32. The highest BCUT2D eigenvalue weighted by Gasteiger charge is 2.16. The first-order valence-corrected chi connectivity index (χ1v) is 7.19. The quantitative estimate of drug-likeness (QED) is 0.611. The van der Waals surface area contributed by atoms with E-state index in [1.807, 2.05) is 0 Å². The number of rotatable bonds is 8. The Hall–Kier alpha value is 0.210. The molecule has 0 radical (unpaired) electrons. The van der Waals surface area contributed by atoms with Crippen molar-refractivity contribution in [2.45, 2.75) is 58.1 Å². The fourth-order valence-corrected chi connectivity index (χ4v) is 2.40. The van der Waals surface area contributed by atoms with Gasteiger partial charge >= 0.3 is 0 Å². The lowest BCUT2D eigenvalue weighted by molar-refractivity contribution is 0.0969. The van der Waals surface area contributed by atoms with E-state index in [0.29, 0.717) is 12.1 Å². The lowest BCUT2D eigenvalue weighted by Gasteiger charge is -2.26. The van der Waals surface area contributed by atoms with Crippen molar-refractivity contribution in [1.29, 1.82) is 0 Å². The van der Waals surface area contributed by atoms with E-state index in [9.17, 15) is 0 Å². The lowest BCUT2D eigenvalue weighted by atomic mass is 10.1. The van der Waals surface area contributed by atoms with Crippen LogP contribution >= 0.6 is 11.6 Å². The molecule has 0 aliphatic carbocycles. The number of ether oxygens (including phenoxy) is 1. The van der Waals surface area contributed by atoms with Crippen LogP contribution in [0.4, 0.5) is 0 Å². The van der Waals surface area contributed by atoms with Gasteiger partial charge in [0, 0.05) is 18.5 Å². The van der Waals surface area contributed by atoms with E-state index in [-0.39, 0.29) is 0 Å². The van der Waals surface area contributed by atoms with Crippen LogP contribution in [0, 0.1) is 0 Å². The van der Waals surface area contributed by atoms with E-state index in [4.69, 9.17) is 16.3 Å². The predicted molar refractivity (Wildman–Crippen MR) is 70.3 cm³/mol. The smallest absolute Gasteiger partial charge is 0.0576 e. The molecule has 16 heavy (non-hydrogen) atoms. The van der Waals surface area contributed by atoms with Gasteiger partial charge in [-0.3, -0.25) is 0 Å². The van der Waals surface area contributed by atoms with Gasteiger partial charge in [-0.1, -0.05) is 0 Å². The zero-order valence-corrected chi connectivity index (χ0v) is 11.5. The van der Waals surface area contributed by atoms with Crippen LogP contribution in [-0.4, -0.2) is 42.6 Å². The molecule has 0 bridgehead atoms.